The summed E-state index contributed by atoms with van der Waals surface area (Å²) in [5.41, 5.74) is 7.57. The molecule has 0 saturated carbocycles. The third kappa shape index (κ3) is 3.10. The monoisotopic (exact) mass is 407 g/mol. The Morgan fingerprint density at radius 3 is 2.92 bits per heavy atom. The van der Waals surface area contributed by atoms with Crippen LogP contribution >= 0.6 is 34.9 Å². The van der Waals surface area contributed by atoms with E-state index in [2.05, 4.69) is 31.0 Å². The highest BCUT2D eigenvalue weighted by Crippen LogP contribution is 2.44. The van der Waals surface area contributed by atoms with Crippen LogP contribution in [0.25, 0.3) is 15.9 Å². The Bertz CT molecular complexity index is 994. The van der Waals surface area contributed by atoms with Crippen molar-refractivity contribution in [2.45, 2.75) is 61.5 Å². The molecule has 4 rings (SSSR count). The molecule has 3 heterocycles. The molecule has 3 aromatic heterocycles. The Hall–Kier alpha value is -1.32. The van der Waals surface area contributed by atoms with Crippen molar-refractivity contribution in [1.29, 1.82) is 0 Å². The van der Waals surface area contributed by atoms with Crippen molar-refractivity contribution in [3.63, 3.8) is 0 Å². The minimum absolute atomic E-state index is 0.183. The van der Waals surface area contributed by atoms with Gasteiger partial charge in [0.05, 0.1) is 11.1 Å². The Balaban J connectivity index is 1.98. The number of rotatable bonds is 5. The van der Waals surface area contributed by atoms with E-state index in [0.717, 1.165) is 27.4 Å². The smallest absolute Gasteiger partial charge is 0.227 e. The van der Waals surface area contributed by atoms with Gasteiger partial charge in [-0.05, 0) is 30.7 Å². The summed E-state index contributed by atoms with van der Waals surface area (Å²) in [6.07, 6.45) is 3.55. The molecule has 0 saturated heterocycles. The molecule has 0 aromatic carbocycles. The first-order valence-corrected chi connectivity index (χ1v) is 11.4. The van der Waals surface area contributed by atoms with Crippen molar-refractivity contribution in [3.8, 4) is 0 Å². The van der Waals surface area contributed by atoms with Crippen molar-refractivity contribution >= 4 is 56.6 Å². The Morgan fingerprint density at radius 2 is 2.19 bits per heavy atom. The summed E-state index contributed by atoms with van der Waals surface area (Å²) in [4.78, 5) is 18.7. The first-order chi connectivity index (χ1) is 12.5. The predicted molar refractivity (Wildman–Crippen MR) is 108 cm³/mol. The minimum atomic E-state index is -0.361. The number of hydrogen-bond acceptors (Lipinski definition) is 7. The number of carbonyl (C=O) groups excluding carboxylic acids is 1. The number of nitrogens with two attached hydrogens (primary N) is 1. The fourth-order valence-corrected chi connectivity index (χ4v) is 6.41. The summed E-state index contributed by atoms with van der Waals surface area (Å²) < 4.78 is 2.01. The average molecular weight is 408 g/mol. The van der Waals surface area contributed by atoms with Gasteiger partial charge in [0.2, 0.25) is 5.91 Å². The number of aryl methyl sites for hydroxylation is 1. The van der Waals surface area contributed by atoms with Gasteiger partial charge in [-0.2, -0.15) is 0 Å². The molecule has 1 aliphatic rings. The number of fused-ring (bicyclic) bond motifs is 5. The van der Waals surface area contributed by atoms with Gasteiger partial charge in [0.15, 0.2) is 16.0 Å². The lowest BCUT2D eigenvalue weighted by molar-refractivity contribution is -0.115. The summed E-state index contributed by atoms with van der Waals surface area (Å²) in [5.74, 6) is 0.337. The van der Waals surface area contributed by atoms with E-state index >= 15 is 0 Å². The first-order valence-electron chi connectivity index (χ1n) is 8.74. The molecule has 1 amide bonds. The topological polar surface area (TPSA) is 86.2 Å². The zero-order valence-corrected chi connectivity index (χ0v) is 17.4. The van der Waals surface area contributed by atoms with Crippen LogP contribution < -0.4 is 5.73 Å². The molecule has 9 heteroatoms. The zero-order valence-electron chi connectivity index (χ0n) is 15.0. The molecular weight excluding hydrogens is 386 g/mol. The number of hydrogen-bond donors (Lipinski definition) is 1. The van der Waals surface area contributed by atoms with Crippen LogP contribution in [0, 0.1) is 0 Å². The van der Waals surface area contributed by atoms with E-state index in [-0.39, 0.29) is 11.7 Å². The molecule has 0 unspecified atom stereocenters. The summed E-state index contributed by atoms with van der Waals surface area (Å²) in [6.45, 7) is 6.57. The van der Waals surface area contributed by atoms with Gasteiger partial charge in [-0.25, -0.2) is 9.38 Å². The summed E-state index contributed by atoms with van der Waals surface area (Å²) >= 11 is 4.81. The third-order valence-electron chi connectivity index (χ3n) is 4.47. The van der Waals surface area contributed by atoms with E-state index in [4.69, 9.17) is 10.7 Å². The summed E-state index contributed by atoms with van der Waals surface area (Å²) in [6, 6.07) is 0. The van der Waals surface area contributed by atoms with Crippen LogP contribution in [0.3, 0.4) is 0 Å². The van der Waals surface area contributed by atoms with Crippen molar-refractivity contribution in [2.24, 2.45) is 5.73 Å². The van der Waals surface area contributed by atoms with Crippen molar-refractivity contribution in [1.82, 2.24) is 19.6 Å². The molecule has 1 atom stereocenters. The molecule has 26 heavy (non-hydrogen) atoms. The second-order valence-electron chi connectivity index (χ2n) is 6.87. The van der Waals surface area contributed by atoms with E-state index in [9.17, 15) is 4.79 Å². The lowest BCUT2D eigenvalue weighted by Gasteiger charge is -2.18. The number of aromatic nitrogens is 4. The molecule has 0 bridgehead atoms. The molecule has 0 aliphatic heterocycles. The zero-order chi connectivity index (χ0) is 18.4. The molecule has 0 fully saturated rings. The Kier molecular flexibility index (Phi) is 4.87. The second kappa shape index (κ2) is 7.01. The summed E-state index contributed by atoms with van der Waals surface area (Å²) in [7, 11) is 0. The normalized spacial score (nSPS) is 17.3. The number of primary amides is 1. The van der Waals surface area contributed by atoms with Crippen molar-refractivity contribution in [3.05, 3.63) is 10.4 Å². The third-order valence-corrected chi connectivity index (χ3v) is 7.53. The van der Waals surface area contributed by atoms with Gasteiger partial charge in [-0.1, -0.05) is 44.3 Å². The van der Waals surface area contributed by atoms with Gasteiger partial charge < -0.3 is 5.73 Å². The quantitative estimate of drug-likeness (QED) is 0.510. The Labute approximate surface area is 164 Å². The van der Waals surface area contributed by atoms with E-state index in [0.29, 0.717) is 16.3 Å². The number of thiophene rings is 1. The molecule has 6 nitrogen and oxygen atoms in total. The van der Waals surface area contributed by atoms with E-state index in [1.54, 1.807) is 23.1 Å². The maximum atomic E-state index is 11.2. The molecular formula is C17H21N5OS3. The van der Waals surface area contributed by atoms with Crippen LogP contribution in [-0.4, -0.2) is 36.5 Å². The van der Waals surface area contributed by atoms with Gasteiger partial charge in [0.25, 0.3) is 0 Å². The van der Waals surface area contributed by atoms with Gasteiger partial charge >= 0.3 is 0 Å². The van der Waals surface area contributed by atoms with Gasteiger partial charge in [0.1, 0.15) is 4.83 Å². The molecule has 0 spiro atoms. The largest absolute Gasteiger partial charge is 0.369 e. The van der Waals surface area contributed by atoms with E-state index in [1.807, 2.05) is 4.40 Å². The van der Waals surface area contributed by atoms with E-state index in [1.165, 1.54) is 35.0 Å². The number of nitrogens with zero attached hydrogens (tertiary/aromatic N) is 4. The van der Waals surface area contributed by atoms with Crippen LogP contribution in [0.4, 0.5) is 0 Å². The average Bonchev–Trinajstić information content (AvgIpc) is 3.13. The van der Waals surface area contributed by atoms with Crippen molar-refractivity contribution < 1.29 is 4.79 Å². The van der Waals surface area contributed by atoms with Gasteiger partial charge in [-0.3, -0.25) is 4.79 Å². The van der Waals surface area contributed by atoms with Crippen LogP contribution in [0.5, 0.6) is 0 Å². The van der Waals surface area contributed by atoms with Crippen LogP contribution in [0.1, 0.15) is 50.0 Å². The van der Waals surface area contributed by atoms with Crippen LogP contribution in [0.2, 0.25) is 0 Å². The van der Waals surface area contributed by atoms with Gasteiger partial charge in [0, 0.05) is 10.1 Å². The second-order valence-corrected chi connectivity index (χ2v) is 10.4. The SMILES string of the molecule is CC(C)Sc1nc2sc3c(c2c2nnc(SCC(N)=O)n12)[C@@H](C)CCC3. The highest BCUT2D eigenvalue weighted by Gasteiger charge is 2.27. The van der Waals surface area contributed by atoms with Crippen LogP contribution in [0.15, 0.2) is 10.3 Å². The maximum absolute atomic E-state index is 11.2. The van der Waals surface area contributed by atoms with E-state index < -0.39 is 0 Å². The molecule has 0 radical (unpaired) electrons. The highest BCUT2D eigenvalue weighted by atomic mass is 32.2. The number of carbonyl (C=O) groups is 1. The van der Waals surface area contributed by atoms with Crippen molar-refractivity contribution in [2.75, 3.05) is 5.75 Å². The lowest BCUT2D eigenvalue weighted by atomic mass is 9.87. The molecule has 1 aliphatic carbocycles. The fraction of sp³-hybridized carbons (Fsp3) is 0.529. The number of thioether (sulfide) groups is 2. The Morgan fingerprint density at radius 1 is 1.38 bits per heavy atom. The molecule has 138 valence electrons. The molecule has 3 aromatic rings. The predicted octanol–water partition coefficient (Wildman–Crippen LogP) is 3.86. The molecule has 2 N–H and O–H groups in total. The lowest BCUT2D eigenvalue weighted by Crippen LogP contribution is -2.13. The first kappa shape index (κ1) is 18.1. The van der Waals surface area contributed by atoms with Crippen LogP contribution in [-0.2, 0) is 11.2 Å². The highest BCUT2D eigenvalue weighted by molar-refractivity contribution is 8.00. The fourth-order valence-electron chi connectivity index (χ4n) is 3.45. The maximum Gasteiger partial charge on any atom is 0.227 e. The number of amides is 1. The minimum Gasteiger partial charge on any atom is -0.369 e. The standard InChI is InChI=1S/C17H21N5OS3/c1-8(2)25-16-19-15-13(12-9(3)5-4-6-10(12)26-15)14-20-21-17(22(14)16)24-7-11(18)23/h8-9H,4-7H2,1-3H3,(H2,18,23)/t9-/m0/s1. The van der Waals surface area contributed by atoms with Gasteiger partial charge in [-0.15, -0.1) is 21.5 Å². The summed E-state index contributed by atoms with van der Waals surface area (Å²) in [5, 5.41) is 11.9.